The van der Waals surface area contributed by atoms with Crippen LogP contribution < -0.4 is 5.32 Å². The molecule has 2 aromatic carbocycles. The van der Waals surface area contributed by atoms with E-state index in [0.717, 1.165) is 16.0 Å². The number of hydrogen-bond donors (Lipinski definition) is 1. The van der Waals surface area contributed by atoms with E-state index in [-0.39, 0.29) is 17.9 Å². The molecule has 1 aromatic heterocycles. The molecule has 2 atom stereocenters. The van der Waals surface area contributed by atoms with Crippen molar-refractivity contribution in [3.63, 3.8) is 0 Å². The van der Waals surface area contributed by atoms with Crippen LogP contribution in [0.3, 0.4) is 0 Å². The lowest BCUT2D eigenvalue weighted by atomic mass is 9.81. The van der Waals surface area contributed by atoms with Crippen LogP contribution in [0.15, 0.2) is 66.0 Å². The van der Waals surface area contributed by atoms with Crippen molar-refractivity contribution < 1.29 is 9.59 Å². The Labute approximate surface area is 187 Å². The fraction of sp³-hybridized carbons (Fsp3) is 0.308. The van der Waals surface area contributed by atoms with Crippen LogP contribution in [0, 0.1) is 12.8 Å². The summed E-state index contributed by atoms with van der Waals surface area (Å²) in [6.07, 6.45) is 0. The lowest BCUT2D eigenvalue weighted by molar-refractivity contribution is -0.124. The second-order valence-electron chi connectivity index (χ2n) is 8.58. The number of carbonyl (C=O) groups excluding carboxylic acids is 2. The summed E-state index contributed by atoms with van der Waals surface area (Å²) < 4.78 is 0. The molecule has 0 fully saturated rings. The van der Waals surface area contributed by atoms with E-state index in [1.165, 1.54) is 5.56 Å². The number of nitrogens with one attached hydrogen (secondary N) is 1. The van der Waals surface area contributed by atoms with Crippen LogP contribution in [0.5, 0.6) is 0 Å². The summed E-state index contributed by atoms with van der Waals surface area (Å²) in [5.41, 5.74) is 3.70. The highest BCUT2D eigenvalue weighted by atomic mass is 32.1. The Hall–Kier alpha value is -2.92. The fourth-order valence-electron chi connectivity index (χ4n) is 4.25. The highest BCUT2D eigenvalue weighted by Gasteiger charge is 2.44. The minimum atomic E-state index is -0.447. The van der Waals surface area contributed by atoms with Gasteiger partial charge in [0.2, 0.25) is 5.91 Å². The number of amides is 2. The number of nitrogens with zero attached hydrogens (tertiary/aromatic N) is 1. The highest BCUT2D eigenvalue weighted by Crippen LogP contribution is 2.44. The van der Waals surface area contributed by atoms with Gasteiger partial charge in [-0.1, -0.05) is 67.9 Å². The van der Waals surface area contributed by atoms with Crippen LogP contribution in [0.1, 0.15) is 57.7 Å². The summed E-state index contributed by atoms with van der Waals surface area (Å²) in [4.78, 5) is 30.0. The molecule has 1 aliphatic rings. The minimum absolute atomic E-state index is 0.00489. The molecule has 4 nitrogen and oxygen atoms in total. The summed E-state index contributed by atoms with van der Waals surface area (Å²) in [5.74, 6) is -0.192. The first-order chi connectivity index (χ1) is 15.0. The van der Waals surface area contributed by atoms with Crippen LogP contribution in [-0.4, -0.2) is 23.3 Å². The van der Waals surface area contributed by atoms with E-state index in [4.69, 9.17) is 0 Å². The van der Waals surface area contributed by atoms with Crippen LogP contribution in [0.2, 0.25) is 0 Å². The monoisotopic (exact) mass is 432 g/mol. The quantitative estimate of drug-likeness (QED) is 0.574. The lowest BCUT2D eigenvalue weighted by Gasteiger charge is -2.42. The molecule has 31 heavy (non-hydrogen) atoms. The molecule has 5 heteroatoms. The van der Waals surface area contributed by atoms with E-state index < -0.39 is 5.92 Å². The third kappa shape index (κ3) is 4.42. The molecule has 160 valence electrons. The van der Waals surface area contributed by atoms with Crippen molar-refractivity contribution in [2.24, 2.45) is 5.92 Å². The summed E-state index contributed by atoms with van der Waals surface area (Å²) in [5, 5.41) is 5.15. The van der Waals surface area contributed by atoms with Crippen LogP contribution in [-0.2, 0) is 11.3 Å². The third-order valence-electron chi connectivity index (χ3n) is 5.70. The topological polar surface area (TPSA) is 49.4 Å². The van der Waals surface area contributed by atoms with Gasteiger partial charge in [-0.15, -0.1) is 11.3 Å². The Morgan fingerprint density at radius 2 is 1.81 bits per heavy atom. The maximum absolute atomic E-state index is 13.6. The van der Waals surface area contributed by atoms with Crippen molar-refractivity contribution in [3.8, 4) is 0 Å². The minimum Gasteiger partial charge on any atom is -0.351 e. The molecule has 0 radical (unpaired) electrons. The average Bonchev–Trinajstić information content (AvgIpc) is 3.29. The molecule has 0 saturated heterocycles. The van der Waals surface area contributed by atoms with Gasteiger partial charge in [-0.05, 0) is 41.5 Å². The molecule has 2 heterocycles. The van der Waals surface area contributed by atoms with Gasteiger partial charge in [0.1, 0.15) is 0 Å². The van der Waals surface area contributed by atoms with Crippen molar-refractivity contribution >= 4 is 23.2 Å². The highest BCUT2D eigenvalue weighted by molar-refractivity contribution is 7.10. The van der Waals surface area contributed by atoms with Crippen LogP contribution in [0.25, 0.3) is 0 Å². The Bertz CT molecular complexity index is 1060. The molecule has 1 N–H and O–H groups in total. The van der Waals surface area contributed by atoms with Gasteiger partial charge in [-0.3, -0.25) is 9.59 Å². The second kappa shape index (κ2) is 9.06. The number of aryl methyl sites for hydroxylation is 1. The number of hydrogen-bond acceptors (Lipinski definition) is 3. The Morgan fingerprint density at radius 3 is 2.48 bits per heavy atom. The first-order valence-corrected chi connectivity index (χ1v) is 11.6. The first-order valence-electron chi connectivity index (χ1n) is 10.7. The number of fused-ring (bicyclic) bond motifs is 1. The SMILES string of the molecule is Cc1ccc(CNC(=O)[C@H]2c3ccccc3C(=O)N(CC(C)C)[C@H]2c2cccs2)cc1. The molecule has 0 bridgehead atoms. The molecule has 0 unspecified atom stereocenters. The van der Waals surface area contributed by atoms with Crippen LogP contribution in [0.4, 0.5) is 0 Å². The molecular formula is C26H28N2O2S. The van der Waals surface area contributed by atoms with E-state index in [1.807, 2.05) is 65.7 Å². The molecule has 0 aliphatic carbocycles. The average molecular weight is 433 g/mol. The van der Waals surface area contributed by atoms with Crippen molar-refractivity contribution in [1.82, 2.24) is 10.2 Å². The van der Waals surface area contributed by atoms with Gasteiger partial charge in [0.05, 0.1) is 12.0 Å². The van der Waals surface area contributed by atoms with E-state index >= 15 is 0 Å². The first kappa shape index (κ1) is 21.3. The van der Waals surface area contributed by atoms with Crippen molar-refractivity contribution in [2.45, 2.75) is 39.3 Å². The van der Waals surface area contributed by atoms with Gasteiger partial charge in [-0.25, -0.2) is 0 Å². The Morgan fingerprint density at radius 1 is 1.06 bits per heavy atom. The molecule has 1 aliphatic heterocycles. The molecular weight excluding hydrogens is 404 g/mol. The summed E-state index contributed by atoms with van der Waals surface area (Å²) >= 11 is 1.60. The number of carbonyl (C=O) groups is 2. The number of benzene rings is 2. The normalized spacial score (nSPS) is 18.2. The summed E-state index contributed by atoms with van der Waals surface area (Å²) in [6, 6.07) is 19.4. The van der Waals surface area contributed by atoms with Gasteiger partial charge in [0.25, 0.3) is 5.91 Å². The maximum atomic E-state index is 13.6. The fourth-order valence-corrected chi connectivity index (χ4v) is 5.13. The van der Waals surface area contributed by atoms with E-state index in [0.29, 0.717) is 24.6 Å². The number of thiophene rings is 1. The van der Waals surface area contributed by atoms with Gasteiger partial charge in [0, 0.05) is 23.5 Å². The molecule has 2 amide bonds. The maximum Gasteiger partial charge on any atom is 0.254 e. The smallest absolute Gasteiger partial charge is 0.254 e. The predicted molar refractivity (Wildman–Crippen MR) is 125 cm³/mol. The zero-order valence-electron chi connectivity index (χ0n) is 18.2. The zero-order valence-corrected chi connectivity index (χ0v) is 19.0. The van der Waals surface area contributed by atoms with Crippen molar-refractivity contribution in [3.05, 3.63) is 93.2 Å². The van der Waals surface area contributed by atoms with Crippen molar-refractivity contribution in [1.29, 1.82) is 0 Å². The van der Waals surface area contributed by atoms with Crippen molar-refractivity contribution in [2.75, 3.05) is 6.54 Å². The summed E-state index contributed by atoms with van der Waals surface area (Å²) in [7, 11) is 0. The van der Waals surface area contributed by atoms with Gasteiger partial charge in [0.15, 0.2) is 0 Å². The molecule has 4 rings (SSSR count). The van der Waals surface area contributed by atoms with E-state index in [2.05, 4.69) is 31.3 Å². The van der Waals surface area contributed by atoms with Crippen LogP contribution >= 0.6 is 11.3 Å². The Kier molecular flexibility index (Phi) is 6.23. The molecule has 3 aromatic rings. The van der Waals surface area contributed by atoms with E-state index in [9.17, 15) is 9.59 Å². The second-order valence-corrected chi connectivity index (χ2v) is 9.56. The van der Waals surface area contributed by atoms with Gasteiger partial charge < -0.3 is 10.2 Å². The molecule has 0 saturated carbocycles. The molecule has 0 spiro atoms. The van der Waals surface area contributed by atoms with Gasteiger partial charge >= 0.3 is 0 Å². The lowest BCUT2D eigenvalue weighted by Crippen LogP contribution is -2.48. The largest absolute Gasteiger partial charge is 0.351 e. The third-order valence-corrected chi connectivity index (χ3v) is 6.65. The standard InChI is InChI=1S/C26H28N2O2S/c1-17(2)16-28-24(22-9-6-14-31-22)23(20-7-4-5-8-21(20)26(28)30)25(29)27-15-19-12-10-18(3)11-13-19/h4-14,17,23-24H,15-16H2,1-3H3,(H,27,29)/t23-,24-/m0/s1. The Balaban J connectivity index is 1.72. The van der Waals surface area contributed by atoms with Gasteiger partial charge in [-0.2, -0.15) is 0 Å². The number of rotatable bonds is 6. The zero-order chi connectivity index (χ0) is 22.0. The predicted octanol–water partition coefficient (Wildman–Crippen LogP) is 5.31. The van der Waals surface area contributed by atoms with E-state index in [1.54, 1.807) is 11.3 Å². The summed E-state index contributed by atoms with van der Waals surface area (Å²) in [6.45, 7) is 7.33.